The zero-order valence-electron chi connectivity index (χ0n) is 13.3. The lowest BCUT2D eigenvalue weighted by Crippen LogP contribution is -2.44. The van der Waals surface area contributed by atoms with E-state index in [0.717, 1.165) is 19.4 Å². The molecule has 3 atom stereocenters. The Balaban J connectivity index is 1.88. The molecule has 0 radical (unpaired) electrons. The topological polar surface area (TPSA) is 66.5 Å². The minimum Gasteiger partial charge on any atom is -0.337 e. The average Bonchev–Trinajstić information content (AvgIpc) is 2.76. The van der Waals surface area contributed by atoms with Gasteiger partial charge in [-0.2, -0.15) is 0 Å². The van der Waals surface area contributed by atoms with Gasteiger partial charge in [0.25, 0.3) is 0 Å². The number of nitrogens with one attached hydrogen (secondary N) is 1. The van der Waals surface area contributed by atoms with Crippen molar-refractivity contribution < 1.29 is 13.2 Å². The Hall–Kier alpha value is -1.11. The summed E-state index contributed by atoms with van der Waals surface area (Å²) in [6, 6.07) is 4.64. The van der Waals surface area contributed by atoms with Crippen LogP contribution in [0.1, 0.15) is 31.4 Å². The quantitative estimate of drug-likeness (QED) is 0.880. The Morgan fingerprint density at radius 3 is 2.83 bits per heavy atom. The highest BCUT2D eigenvalue weighted by molar-refractivity contribution is 7.91. The van der Waals surface area contributed by atoms with Gasteiger partial charge in [0.15, 0.2) is 9.84 Å². The number of piperidine rings is 1. The van der Waals surface area contributed by atoms with Crippen molar-refractivity contribution in [2.45, 2.75) is 36.7 Å². The number of hydrogen-bond acceptors (Lipinski definition) is 4. The van der Waals surface area contributed by atoms with Crippen LogP contribution in [0.15, 0.2) is 23.1 Å². The molecule has 0 aromatic heterocycles. The Bertz CT molecular complexity index is 735. The van der Waals surface area contributed by atoms with Gasteiger partial charge in [-0.25, -0.2) is 8.42 Å². The van der Waals surface area contributed by atoms with Crippen molar-refractivity contribution in [3.8, 4) is 0 Å². The summed E-state index contributed by atoms with van der Waals surface area (Å²) in [7, 11) is -1.66. The highest BCUT2D eigenvalue weighted by Crippen LogP contribution is 2.39. The summed E-state index contributed by atoms with van der Waals surface area (Å²) in [5.41, 5.74) is 0.635. The van der Waals surface area contributed by atoms with Gasteiger partial charge in [-0.15, -0.1) is 0 Å². The van der Waals surface area contributed by atoms with E-state index in [-0.39, 0.29) is 17.6 Å². The maximum absolute atomic E-state index is 12.8. The molecular formula is C16H21ClN2O3S. The molecule has 3 rings (SSSR count). The largest absolute Gasteiger partial charge is 0.337 e. The summed E-state index contributed by atoms with van der Waals surface area (Å²) in [5.74, 6) is -0.0978. The van der Waals surface area contributed by atoms with Crippen LogP contribution < -0.4 is 5.32 Å². The molecule has 1 amide bonds. The number of carbonyl (C=O) groups excluding carboxylic acids is 1. The third-order valence-corrected chi connectivity index (χ3v) is 6.86. The first kappa shape index (κ1) is 16.7. The number of benzene rings is 1. The zero-order valence-corrected chi connectivity index (χ0v) is 14.8. The second-order valence-electron chi connectivity index (χ2n) is 6.50. The van der Waals surface area contributed by atoms with Gasteiger partial charge in [0, 0.05) is 24.0 Å². The molecule has 2 heterocycles. The SMILES string of the molecule is C[C@H]1C[C@@H](C(=O)N(C)C2CS(=O)(=O)c3ccc(Cl)cc32)CCN1. The summed E-state index contributed by atoms with van der Waals surface area (Å²) in [5, 5.41) is 3.82. The molecule has 0 aliphatic carbocycles. The highest BCUT2D eigenvalue weighted by Gasteiger charge is 2.40. The van der Waals surface area contributed by atoms with Crippen molar-refractivity contribution in [1.29, 1.82) is 0 Å². The molecule has 5 nitrogen and oxygen atoms in total. The van der Waals surface area contributed by atoms with E-state index in [0.29, 0.717) is 21.5 Å². The minimum atomic E-state index is -3.36. The lowest BCUT2D eigenvalue weighted by Gasteiger charge is -2.33. The Kier molecular flexibility index (Phi) is 4.42. The van der Waals surface area contributed by atoms with Crippen molar-refractivity contribution >= 4 is 27.3 Å². The van der Waals surface area contributed by atoms with Crippen LogP contribution in [0, 0.1) is 5.92 Å². The molecule has 2 aliphatic heterocycles. The molecular weight excluding hydrogens is 336 g/mol. The third kappa shape index (κ3) is 3.12. The lowest BCUT2D eigenvalue weighted by molar-refractivity contribution is -0.137. The number of amides is 1. The standard InChI is InChI=1S/C16H21ClN2O3S/c1-10-7-11(5-6-18-10)16(20)19(2)14-9-23(21,22)15-4-3-12(17)8-13(14)15/h3-4,8,10-11,14,18H,5-7,9H2,1-2H3/t10-,11-,14?/m0/s1. The molecule has 0 spiro atoms. The van der Waals surface area contributed by atoms with Gasteiger partial charge in [0.2, 0.25) is 5.91 Å². The predicted octanol–water partition coefficient (Wildman–Crippen LogP) is 2.01. The fourth-order valence-corrected chi connectivity index (χ4v) is 5.58. The first-order valence-electron chi connectivity index (χ1n) is 7.82. The van der Waals surface area contributed by atoms with E-state index in [9.17, 15) is 13.2 Å². The molecule has 1 aromatic rings. The van der Waals surface area contributed by atoms with Crippen molar-refractivity contribution in [2.75, 3.05) is 19.3 Å². The average molecular weight is 357 g/mol. The van der Waals surface area contributed by atoms with Crippen molar-refractivity contribution in [2.24, 2.45) is 5.92 Å². The first-order chi connectivity index (χ1) is 10.8. The van der Waals surface area contributed by atoms with Gasteiger partial charge in [-0.05, 0) is 50.1 Å². The number of hydrogen-bond donors (Lipinski definition) is 1. The molecule has 1 unspecified atom stereocenters. The van der Waals surface area contributed by atoms with Crippen LogP contribution >= 0.6 is 11.6 Å². The predicted molar refractivity (Wildman–Crippen MR) is 89.2 cm³/mol. The zero-order chi connectivity index (χ0) is 16.8. The van der Waals surface area contributed by atoms with E-state index in [1.165, 1.54) is 6.07 Å². The van der Waals surface area contributed by atoms with Crippen LogP contribution in [0.5, 0.6) is 0 Å². The van der Waals surface area contributed by atoms with E-state index >= 15 is 0 Å². The fraction of sp³-hybridized carbons (Fsp3) is 0.562. The van der Waals surface area contributed by atoms with E-state index in [1.54, 1.807) is 24.1 Å². The summed E-state index contributed by atoms with van der Waals surface area (Å²) in [6.45, 7) is 2.88. The van der Waals surface area contributed by atoms with Crippen LogP contribution in [0.2, 0.25) is 5.02 Å². The lowest BCUT2D eigenvalue weighted by atomic mass is 9.91. The molecule has 0 bridgehead atoms. The number of carbonyl (C=O) groups is 1. The van der Waals surface area contributed by atoms with Gasteiger partial charge in [0.1, 0.15) is 0 Å². The van der Waals surface area contributed by atoms with Crippen LogP contribution in [0.4, 0.5) is 0 Å². The van der Waals surface area contributed by atoms with E-state index in [1.807, 2.05) is 0 Å². The summed E-state index contributed by atoms with van der Waals surface area (Å²) in [4.78, 5) is 14.7. The summed E-state index contributed by atoms with van der Waals surface area (Å²) in [6.07, 6.45) is 1.57. The van der Waals surface area contributed by atoms with Crippen LogP contribution in [-0.4, -0.2) is 44.6 Å². The third-order valence-electron chi connectivity index (χ3n) is 4.83. The van der Waals surface area contributed by atoms with E-state index in [4.69, 9.17) is 11.6 Å². The molecule has 1 N–H and O–H groups in total. The smallest absolute Gasteiger partial charge is 0.226 e. The second kappa shape index (κ2) is 6.07. The van der Waals surface area contributed by atoms with Crippen molar-refractivity contribution in [1.82, 2.24) is 10.2 Å². The van der Waals surface area contributed by atoms with Crippen LogP contribution in [0.3, 0.4) is 0 Å². The van der Waals surface area contributed by atoms with E-state index < -0.39 is 15.9 Å². The maximum Gasteiger partial charge on any atom is 0.226 e. The molecule has 23 heavy (non-hydrogen) atoms. The van der Waals surface area contributed by atoms with Gasteiger partial charge < -0.3 is 10.2 Å². The maximum atomic E-state index is 12.8. The summed E-state index contributed by atoms with van der Waals surface area (Å²) >= 11 is 6.03. The number of nitrogens with zero attached hydrogens (tertiary/aromatic N) is 1. The minimum absolute atomic E-state index is 0.0198. The molecule has 0 saturated carbocycles. The molecule has 7 heteroatoms. The van der Waals surface area contributed by atoms with Gasteiger partial charge in [0.05, 0.1) is 16.7 Å². The Morgan fingerprint density at radius 1 is 1.39 bits per heavy atom. The van der Waals surface area contributed by atoms with Crippen molar-refractivity contribution in [3.63, 3.8) is 0 Å². The number of rotatable bonds is 2. The van der Waals surface area contributed by atoms with Crippen LogP contribution in [0.25, 0.3) is 0 Å². The monoisotopic (exact) mass is 356 g/mol. The van der Waals surface area contributed by atoms with Gasteiger partial charge in [-0.1, -0.05) is 11.6 Å². The Morgan fingerprint density at radius 2 is 2.13 bits per heavy atom. The highest BCUT2D eigenvalue weighted by atomic mass is 35.5. The first-order valence-corrected chi connectivity index (χ1v) is 9.85. The van der Waals surface area contributed by atoms with Gasteiger partial charge >= 0.3 is 0 Å². The van der Waals surface area contributed by atoms with E-state index in [2.05, 4.69) is 12.2 Å². The molecule has 2 aliphatic rings. The molecule has 1 fully saturated rings. The van der Waals surface area contributed by atoms with Gasteiger partial charge in [-0.3, -0.25) is 4.79 Å². The molecule has 1 aromatic carbocycles. The van der Waals surface area contributed by atoms with Crippen LogP contribution in [-0.2, 0) is 14.6 Å². The normalized spacial score (nSPS) is 29.1. The Labute approximate surface area is 141 Å². The molecule has 1 saturated heterocycles. The number of fused-ring (bicyclic) bond motifs is 1. The number of sulfone groups is 1. The van der Waals surface area contributed by atoms with Crippen molar-refractivity contribution in [3.05, 3.63) is 28.8 Å². The summed E-state index contributed by atoms with van der Waals surface area (Å²) < 4.78 is 24.7. The fourth-order valence-electron chi connectivity index (χ4n) is 3.57. The molecule has 126 valence electrons. The number of halogens is 1. The second-order valence-corrected chi connectivity index (χ2v) is 8.94.